The normalized spacial score (nSPS) is 10.1. The van der Waals surface area contributed by atoms with Crippen molar-refractivity contribution < 1.29 is 23.8 Å². The van der Waals surface area contributed by atoms with E-state index in [9.17, 15) is 9.59 Å². The second kappa shape index (κ2) is 8.09. The van der Waals surface area contributed by atoms with Crippen LogP contribution in [0.15, 0.2) is 30.3 Å². The number of amides is 1. The maximum absolute atomic E-state index is 12.5. The quantitative estimate of drug-likeness (QED) is 0.788. The molecule has 2 aromatic rings. The molecule has 1 amide bonds. The summed E-state index contributed by atoms with van der Waals surface area (Å²) in [6, 6.07) is 7.32. The highest BCUT2D eigenvalue weighted by Gasteiger charge is 2.20. The lowest BCUT2D eigenvalue weighted by atomic mass is 10.1. The molecule has 6 nitrogen and oxygen atoms in total. The van der Waals surface area contributed by atoms with Crippen molar-refractivity contribution in [3.8, 4) is 11.5 Å². The molecule has 0 bridgehead atoms. The van der Waals surface area contributed by atoms with Gasteiger partial charge in [-0.25, -0.2) is 4.79 Å². The van der Waals surface area contributed by atoms with Crippen LogP contribution in [0.25, 0.3) is 0 Å². The van der Waals surface area contributed by atoms with Gasteiger partial charge in [0.1, 0.15) is 0 Å². The van der Waals surface area contributed by atoms with Crippen molar-refractivity contribution >= 4 is 40.8 Å². The number of esters is 1. The lowest BCUT2D eigenvalue weighted by Crippen LogP contribution is -2.16. The molecular weight excluding hydrogens is 369 g/mol. The van der Waals surface area contributed by atoms with E-state index in [1.54, 1.807) is 0 Å². The molecule has 0 radical (unpaired) electrons. The summed E-state index contributed by atoms with van der Waals surface area (Å²) < 4.78 is 15.1. The van der Waals surface area contributed by atoms with Gasteiger partial charge >= 0.3 is 5.97 Å². The average Bonchev–Trinajstić information content (AvgIpc) is 2.59. The second-order valence-electron chi connectivity index (χ2n) is 4.86. The molecule has 8 heteroatoms. The molecule has 0 saturated carbocycles. The van der Waals surface area contributed by atoms with Crippen molar-refractivity contribution in [3.05, 3.63) is 51.5 Å². The molecule has 2 rings (SSSR count). The highest BCUT2D eigenvalue weighted by atomic mass is 35.5. The molecule has 1 N–H and O–H groups in total. The van der Waals surface area contributed by atoms with Gasteiger partial charge in [-0.1, -0.05) is 23.2 Å². The molecule has 0 aliphatic carbocycles. The van der Waals surface area contributed by atoms with Crippen LogP contribution in [0.2, 0.25) is 10.0 Å². The Bertz CT molecular complexity index is 803. The summed E-state index contributed by atoms with van der Waals surface area (Å²) in [4.78, 5) is 24.5. The minimum Gasteiger partial charge on any atom is -0.493 e. The van der Waals surface area contributed by atoms with E-state index in [1.807, 2.05) is 0 Å². The summed E-state index contributed by atoms with van der Waals surface area (Å²) >= 11 is 11.8. The highest BCUT2D eigenvalue weighted by Crippen LogP contribution is 2.34. The van der Waals surface area contributed by atoms with Gasteiger partial charge in [0, 0.05) is 27.7 Å². The fraction of sp³-hybridized carbons (Fsp3) is 0.176. The first-order valence-electron chi connectivity index (χ1n) is 7.01. The molecule has 0 fully saturated rings. The lowest BCUT2D eigenvalue weighted by Gasteiger charge is -2.14. The van der Waals surface area contributed by atoms with Gasteiger partial charge in [0.25, 0.3) is 5.91 Å². The number of carbonyl (C=O) groups is 2. The van der Waals surface area contributed by atoms with Crippen LogP contribution in [0.5, 0.6) is 11.5 Å². The van der Waals surface area contributed by atoms with Crippen molar-refractivity contribution in [1.29, 1.82) is 0 Å². The zero-order valence-corrected chi connectivity index (χ0v) is 15.2. The fourth-order valence-electron chi connectivity index (χ4n) is 2.14. The molecule has 132 valence electrons. The monoisotopic (exact) mass is 383 g/mol. The zero-order chi connectivity index (χ0) is 18.6. The zero-order valence-electron chi connectivity index (χ0n) is 13.7. The van der Waals surface area contributed by atoms with Crippen LogP contribution in [-0.4, -0.2) is 33.2 Å². The Morgan fingerprint density at radius 1 is 0.880 bits per heavy atom. The van der Waals surface area contributed by atoms with Crippen LogP contribution in [0.1, 0.15) is 20.7 Å². The molecule has 25 heavy (non-hydrogen) atoms. The van der Waals surface area contributed by atoms with Crippen molar-refractivity contribution in [2.45, 2.75) is 0 Å². The molecule has 0 aliphatic heterocycles. The number of ether oxygens (including phenoxy) is 3. The molecular formula is C17H15Cl2NO5. The Hall–Kier alpha value is -2.44. The Kier molecular flexibility index (Phi) is 6.12. The van der Waals surface area contributed by atoms with Crippen molar-refractivity contribution in [2.75, 3.05) is 26.6 Å². The SMILES string of the molecule is COC(=O)c1cc(OC)c(OC)cc1NC(=O)c1cc(Cl)cc(Cl)c1. The standard InChI is InChI=1S/C17H15Cl2NO5/c1-23-14-7-12(17(22)25-3)13(8-15(14)24-2)20-16(21)9-4-10(18)6-11(19)5-9/h4-8H,1-3H3,(H,20,21). The van der Waals surface area contributed by atoms with Gasteiger partial charge in [-0.2, -0.15) is 0 Å². The smallest absolute Gasteiger partial charge is 0.340 e. The molecule has 0 unspecified atom stereocenters. The molecule has 0 spiro atoms. The van der Waals surface area contributed by atoms with Gasteiger partial charge in [-0.3, -0.25) is 4.79 Å². The van der Waals surface area contributed by atoms with E-state index in [-0.39, 0.29) is 16.8 Å². The van der Waals surface area contributed by atoms with Gasteiger partial charge < -0.3 is 19.5 Å². The molecule has 2 aromatic carbocycles. The minimum absolute atomic E-state index is 0.113. The number of halogens is 2. The first-order valence-corrected chi connectivity index (χ1v) is 7.77. The van der Waals surface area contributed by atoms with Crippen LogP contribution >= 0.6 is 23.2 Å². The van der Waals surface area contributed by atoms with Crippen LogP contribution in [-0.2, 0) is 4.74 Å². The third-order valence-corrected chi connectivity index (χ3v) is 3.74. The maximum atomic E-state index is 12.5. The molecule has 0 atom stereocenters. The largest absolute Gasteiger partial charge is 0.493 e. The third kappa shape index (κ3) is 4.35. The number of anilines is 1. The summed E-state index contributed by atoms with van der Waals surface area (Å²) in [6.45, 7) is 0. The highest BCUT2D eigenvalue weighted by molar-refractivity contribution is 6.35. The number of methoxy groups -OCH3 is 3. The third-order valence-electron chi connectivity index (χ3n) is 3.30. The van der Waals surface area contributed by atoms with E-state index < -0.39 is 11.9 Å². The van der Waals surface area contributed by atoms with E-state index in [1.165, 1.54) is 51.7 Å². The lowest BCUT2D eigenvalue weighted by molar-refractivity contribution is 0.0601. The van der Waals surface area contributed by atoms with Crippen LogP contribution in [0, 0.1) is 0 Å². The molecule has 0 saturated heterocycles. The number of nitrogens with one attached hydrogen (secondary N) is 1. The van der Waals surface area contributed by atoms with Crippen LogP contribution in [0.3, 0.4) is 0 Å². The first kappa shape index (κ1) is 18.9. The van der Waals surface area contributed by atoms with Crippen LogP contribution < -0.4 is 14.8 Å². The predicted octanol–water partition coefficient (Wildman–Crippen LogP) is 4.05. The minimum atomic E-state index is -0.639. The van der Waals surface area contributed by atoms with E-state index >= 15 is 0 Å². The Balaban J connectivity index is 2.46. The molecule has 0 aliphatic rings. The number of hydrogen-bond acceptors (Lipinski definition) is 5. The topological polar surface area (TPSA) is 73.9 Å². The summed E-state index contributed by atoms with van der Waals surface area (Å²) in [6.07, 6.45) is 0. The van der Waals surface area contributed by atoms with Gasteiger partial charge in [-0.15, -0.1) is 0 Å². The van der Waals surface area contributed by atoms with Gasteiger partial charge in [-0.05, 0) is 18.2 Å². The Labute approximate surface area is 154 Å². The van der Waals surface area contributed by atoms with Crippen molar-refractivity contribution in [1.82, 2.24) is 0 Å². The summed E-state index contributed by atoms with van der Waals surface area (Å²) in [5, 5.41) is 3.27. The predicted molar refractivity (Wildman–Crippen MR) is 95.3 cm³/mol. The van der Waals surface area contributed by atoms with E-state index in [4.69, 9.17) is 37.4 Å². The van der Waals surface area contributed by atoms with E-state index in [2.05, 4.69) is 5.32 Å². The summed E-state index contributed by atoms with van der Waals surface area (Å²) in [5.74, 6) is -0.469. The molecule has 0 heterocycles. The van der Waals surface area contributed by atoms with Crippen molar-refractivity contribution in [2.24, 2.45) is 0 Å². The first-order chi connectivity index (χ1) is 11.9. The second-order valence-corrected chi connectivity index (χ2v) is 5.73. The summed E-state index contributed by atoms with van der Waals surface area (Å²) in [5.41, 5.74) is 0.551. The summed E-state index contributed by atoms with van der Waals surface area (Å²) in [7, 11) is 4.12. The molecule has 0 aromatic heterocycles. The van der Waals surface area contributed by atoms with Gasteiger partial charge in [0.15, 0.2) is 11.5 Å². The maximum Gasteiger partial charge on any atom is 0.340 e. The number of rotatable bonds is 5. The van der Waals surface area contributed by atoms with Gasteiger partial charge in [0.05, 0.1) is 32.6 Å². The van der Waals surface area contributed by atoms with Crippen LogP contribution in [0.4, 0.5) is 5.69 Å². The number of benzene rings is 2. The van der Waals surface area contributed by atoms with E-state index in [0.29, 0.717) is 21.5 Å². The Morgan fingerprint density at radius 2 is 1.44 bits per heavy atom. The van der Waals surface area contributed by atoms with Gasteiger partial charge in [0.2, 0.25) is 0 Å². The Morgan fingerprint density at radius 3 is 1.96 bits per heavy atom. The van der Waals surface area contributed by atoms with Crippen molar-refractivity contribution in [3.63, 3.8) is 0 Å². The number of carbonyl (C=O) groups excluding carboxylic acids is 2. The average molecular weight is 384 g/mol. The van der Waals surface area contributed by atoms with E-state index in [0.717, 1.165) is 0 Å². The fourth-order valence-corrected chi connectivity index (χ4v) is 2.67. The number of hydrogen-bond donors (Lipinski definition) is 1.